The Bertz CT molecular complexity index is 655. The summed E-state index contributed by atoms with van der Waals surface area (Å²) in [7, 11) is -4.23. The topological polar surface area (TPSA) is 113 Å². The zero-order valence-electron chi connectivity index (χ0n) is 13.6. The van der Waals surface area contributed by atoms with Crippen LogP contribution in [0.4, 0.5) is 5.69 Å². The summed E-state index contributed by atoms with van der Waals surface area (Å²) >= 11 is 0. The Labute approximate surface area is 141 Å². The van der Waals surface area contributed by atoms with Crippen LogP contribution in [0.3, 0.4) is 0 Å². The smallest absolute Gasteiger partial charge is 0.336 e. The molecule has 0 radical (unpaired) electrons. The number of carbonyl (C=O) groups is 1. The Morgan fingerprint density at radius 3 is 2.33 bits per heavy atom. The van der Waals surface area contributed by atoms with Crippen LogP contribution in [-0.4, -0.2) is 32.0 Å². The second-order valence-corrected chi connectivity index (χ2v) is 6.61. The van der Waals surface area contributed by atoms with Gasteiger partial charge in [-0.2, -0.15) is 8.42 Å². The molecule has 1 aromatic carbocycles. The Hall–Kier alpha value is -2.00. The van der Waals surface area contributed by atoms with Crippen molar-refractivity contribution in [2.75, 3.05) is 6.61 Å². The van der Waals surface area contributed by atoms with Gasteiger partial charge in [-0.25, -0.2) is 4.79 Å². The largest absolute Gasteiger partial charge is 0.464 e. The lowest BCUT2D eigenvalue weighted by molar-refractivity contribution is -0.384. The maximum absolute atomic E-state index is 12.3. The minimum atomic E-state index is -4.23. The summed E-state index contributed by atoms with van der Waals surface area (Å²) in [6.45, 7) is 3.71. The number of carbonyl (C=O) groups excluding carboxylic acids is 1. The molecule has 9 heteroatoms. The molecule has 134 valence electrons. The number of benzene rings is 1. The van der Waals surface area contributed by atoms with Crippen LogP contribution in [0.2, 0.25) is 0 Å². The molecule has 0 aliphatic heterocycles. The number of nitro benzene ring substituents is 1. The Morgan fingerprint density at radius 1 is 1.21 bits per heavy atom. The highest BCUT2D eigenvalue weighted by molar-refractivity contribution is 7.86. The van der Waals surface area contributed by atoms with E-state index in [1.54, 1.807) is 6.92 Å². The molecular formula is C15H21NO7S. The van der Waals surface area contributed by atoms with Crippen molar-refractivity contribution in [1.82, 2.24) is 0 Å². The summed E-state index contributed by atoms with van der Waals surface area (Å²) in [5.41, 5.74) is -0.237. The Kier molecular flexibility index (Phi) is 7.80. The van der Waals surface area contributed by atoms with E-state index in [0.29, 0.717) is 6.42 Å². The summed E-state index contributed by atoms with van der Waals surface area (Å²) < 4.78 is 34.4. The van der Waals surface area contributed by atoms with Gasteiger partial charge >= 0.3 is 5.97 Å². The van der Waals surface area contributed by atoms with Gasteiger partial charge < -0.3 is 4.74 Å². The molecular weight excluding hydrogens is 338 g/mol. The average molecular weight is 359 g/mol. The maximum Gasteiger partial charge on any atom is 0.336 e. The molecule has 0 aromatic heterocycles. The van der Waals surface area contributed by atoms with E-state index in [4.69, 9.17) is 8.92 Å². The van der Waals surface area contributed by atoms with Gasteiger partial charge in [-0.1, -0.05) is 26.2 Å². The van der Waals surface area contributed by atoms with Crippen molar-refractivity contribution >= 4 is 21.8 Å². The SMILES string of the molecule is CCCCCC(OS(=O)(=O)c1ccc([N+](=O)[O-])cc1)C(=O)OCC. The molecule has 1 aromatic rings. The summed E-state index contributed by atoms with van der Waals surface area (Å²) in [6.07, 6.45) is 1.35. The van der Waals surface area contributed by atoms with E-state index in [-0.39, 0.29) is 23.6 Å². The number of rotatable bonds is 10. The first-order valence-electron chi connectivity index (χ1n) is 7.66. The van der Waals surface area contributed by atoms with E-state index in [0.717, 1.165) is 37.1 Å². The third-order valence-electron chi connectivity index (χ3n) is 3.20. The molecule has 24 heavy (non-hydrogen) atoms. The van der Waals surface area contributed by atoms with Crippen molar-refractivity contribution in [3.05, 3.63) is 34.4 Å². The molecule has 0 spiro atoms. The highest BCUT2D eigenvalue weighted by Crippen LogP contribution is 2.21. The van der Waals surface area contributed by atoms with Gasteiger partial charge in [0.25, 0.3) is 15.8 Å². The van der Waals surface area contributed by atoms with Gasteiger partial charge in [-0.3, -0.25) is 14.3 Å². The molecule has 0 bridgehead atoms. The van der Waals surface area contributed by atoms with E-state index in [1.807, 2.05) is 6.92 Å². The minimum Gasteiger partial charge on any atom is -0.464 e. The number of esters is 1. The fourth-order valence-electron chi connectivity index (χ4n) is 1.96. The first kappa shape index (κ1) is 20.0. The fraction of sp³-hybridized carbons (Fsp3) is 0.533. The molecule has 0 amide bonds. The van der Waals surface area contributed by atoms with Crippen LogP contribution in [0.5, 0.6) is 0 Å². The zero-order valence-corrected chi connectivity index (χ0v) is 14.5. The van der Waals surface area contributed by atoms with E-state index < -0.39 is 27.1 Å². The van der Waals surface area contributed by atoms with Crippen molar-refractivity contribution in [2.24, 2.45) is 0 Å². The summed E-state index contributed by atoms with van der Waals surface area (Å²) in [5, 5.41) is 10.6. The van der Waals surface area contributed by atoms with Crippen molar-refractivity contribution in [3.8, 4) is 0 Å². The van der Waals surface area contributed by atoms with Gasteiger partial charge in [-0.05, 0) is 25.5 Å². The molecule has 0 N–H and O–H groups in total. The predicted molar refractivity (Wildman–Crippen MR) is 85.9 cm³/mol. The molecule has 0 aliphatic rings. The molecule has 1 atom stereocenters. The van der Waals surface area contributed by atoms with Crippen LogP contribution in [-0.2, 0) is 23.8 Å². The molecule has 1 rings (SSSR count). The van der Waals surface area contributed by atoms with Gasteiger partial charge in [0.05, 0.1) is 16.4 Å². The van der Waals surface area contributed by atoms with E-state index in [9.17, 15) is 23.3 Å². The Balaban J connectivity index is 2.92. The highest BCUT2D eigenvalue weighted by Gasteiger charge is 2.28. The summed E-state index contributed by atoms with van der Waals surface area (Å²) in [4.78, 5) is 21.6. The van der Waals surface area contributed by atoms with Crippen LogP contribution in [0, 0.1) is 10.1 Å². The van der Waals surface area contributed by atoms with E-state index in [2.05, 4.69) is 0 Å². The number of unbranched alkanes of at least 4 members (excludes halogenated alkanes) is 2. The fourth-order valence-corrected chi connectivity index (χ4v) is 3.02. The van der Waals surface area contributed by atoms with Crippen molar-refractivity contribution in [2.45, 2.75) is 50.5 Å². The zero-order chi connectivity index (χ0) is 18.2. The van der Waals surface area contributed by atoms with Crippen LogP contribution in [0.15, 0.2) is 29.2 Å². The van der Waals surface area contributed by atoms with Crippen molar-refractivity contribution < 1.29 is 27.1 Å². The highest BCUT2D eigenvalue weighted by atomic mass is 32.2. The monoisotopic (exact) mass is 359 g/mol. The lowest BCUT2D eigenvalue weighted by atomic mass is 10.1. The third-order valence-corrected chi connectivity index (χ3v) is 4.53. The molecule has 0 heterocycles. The normalized spacial score (nSPS) is 12.6. The quantitative estimate of drug-likeness (QED) is 0.207. The lowest BCUT2D eigenvalue weighted by Crippen LogP contribution is -2.29. The Morgan fingerprint density at radius 2 is 1.83 bits per heavy atom. The first-order valence-corrected chi connectivity index (χ1v) is 9.07. The number of nitro groups is 1. The number of hydrogen-bond donors (Lipinski definition) is 0. The molecule has 8 nitrogen and oxygen atoms in total. The van der Waals surface area contributed by atoms with Gasteiger partial charge in [0.15, 0.2) is 6.10 Å². The number of ether oxygens (including phenoxy) is 1. The number of hydrogen-bond acceptors (Lipinski definition) is 7. The summed E-state index contributed by atoms with van der Waals surface area (Å²) in [6, 6.07) is 4.27. The van der Waals surface area contributed by atoms with Crippen LogP contribution in [0.25, 0.3) is 0 Å². The second kappa shape index (κ2) is 9.33. The van der Waals surface area contributed by atoms with Crippen LogP contribution in [0.1, 0.15) is 39.5 Å². The van der Waals surface area contributed by atoms with Gasteiger partial charge in [0, 0.05) is 12.1 Å². The second-order valence-electron chi connectivity index (χ2n) is 5.04. The standard InChI is InChI=1S/C15H21NO7S/c1-3-5-6-7-14(15(17)22-4-2)23-24(20,21)13-10-8-12(9-11-13)16(18)19/h8-11,14H,3-7H2,1-2H3. The first-order chi connectivity index (χ1) is 11.3. The average Bonchev–Trinajstić information content (AvgIpc) is 2.54. The van der Waals surface area contributed by atoms with Gasteiger partial charge in [-0.15, -0.1) is 0 Å². The molecule has 0 aliphatic carbocycles. The van der Waals surface area contributed by atoms with Gasteiger partial charge in [0.1, 0.15) is 0 Å². The third kappa shape index (κ3) is 5.89. The van der Waals surface area contributed by atoms with Crippen LogP contribution >= 0.6 is 0 Å². The molecule has 0 saturated carbocycles. The number of nitrogens with zero attached hydrogens (tertiary/aromatic N) is 1. The molecule has 0 fully saturated rings. The summed E-state index contributed by atoms with van der Waals surface area (Å²) in [5.74, 6) is -0.737. The van der Waals surface area contributed by atoms with Crippen molar-refractivity contribution in [3.63, 3.8) is 0 Å². The lowest BCUT2D eigenvalue weighted by Gasteiger charge is -2.16. The number of non-ortho nitro benzene ring substituents is 1. The molecule has 0 saturated heterocycles. The maximum atomic E-state index is 12.3. The van der Waals surface area contributed by atoms with E-state index in [1.165, 1.54) is 0 Å². The van der Waals surface area contributed by atoms with E-state index >= 15 is 0 Å². The minimum absolute atomic E-state index is 0.115. The van der Waals surface area contributed by atoms with Crippen LogP contribution < -0.4 is 0 Å². The molecule has 1 unspecified atom stereocenters. The predicted octanol–water partition coefficient (Wildman–Crippen LogP) is 2.81. The van der Waals surface area contributed by atoms with Gasteiger partial charge in [0.2, 0.25) is 0 Å². The van der Waals surface area contributed by atoms with Crippen molar-refractivity contribution in [1.29, 1.82) is 0 Å².